The van der Waals surface area contributed by atoms with Gasteiger partial charge in [-0.3, -0.25) is 0 Å². The number of carbonyl (C=O) groups is 2. The summed E-state index contributed by atoms with van der Waals surface area (Å²) >= 11 is 0. The SMILES string of the molecule is Cc1cc(C(=O)OCC(=O)OC(C)(C)C)cc(C)c1C. The summed E-state index contributed by atoms with van der Waals surface area (Å²) in [5.74, 6) is -1.06. The van der Waals surface area contributed by atoms with Gasteiger partial charge in [-0.2, -0.15) is 0 Å². The smallest absolute Gasteiger partial charge is 0.344 e. The Morgan fingerprint density at radius 3 is 2.00 bits per heavy atom. The predicted molar refractivity (Wildman–Crippen MR) is 76.8 cm³/mol. The maximum Gasteiger partial charge on any atom is 0.344 e. The van der Waals surface area contributed by atoms with Gasteiger partial charge in [0.05, 0.1) is 5.56 Å². The standard InChI is InChI=1S/C16H22O4/c1-10-7-13(8-11(2)12(10)3)15(18)19-9-14(17)20-16(4,5)6/h7-8H,9H2,1-6H3. The van der Waals surface area contributed by atoms with E-state index in [0.29, 0.717) is 5.56 Å². The van der Waals surface area contributed by atoms with Crippen LogP contribution in [0.1, 0.15) is 47.8 Å². The molecular formula is C16H22O4. The molecule has 0 fully saturated rings. The molecule has 110 valence electrons. The lowest BCUT2D eigenvalue weighted by Crippen LogP contribution is -2.27. The molecule has 0 aliphatic carbocycles. The third-order valence-corrected chi connectivity index (χ3v) is 2.90. The first-order valence-electron chi connectivity index (χ1n) is 6.57. The number of carbonyl (C=O) groups excluding carboxylic acids is 2. The van der Waals surface area contributed by atoms with E-state index in [1.54, 1.807) is 32.9 Å². The fourth-order valence-corrected chi connectivity index (χ4v) is 1.73. The van der Waals surface area contributed by atoms with Crippen LogP contribution in [-0.4, -0.2) is 24.1 Å². The molecule has 0 saturated carbocycles. The van der Waals surface area contributed by atoms with E-state index < -0.39 is 17.5 Å². The monoisotopic (exact) mass is 278 g/mol. The number of esters is 2. The molecule has 4 nitrogen and oxygen atoms in total. The van der Waals surface area contributed by atoms with Crippen LogP contribution in [0.15, 0.2) is 12.1 Å². The Balaban J connectivity index is 2.66. The summed E-state index contributed by atoms with van der Waals surface area (Å²) in [4.78, 5) is 23.4. The molecule has 0 aliphatic rings. The lowest BCUT2D eigenvalue weighted by molar-refractivity contribution is -0.158. The summed E-state index contributed by atoms with van der Waals surface area (Å²) in [7, 11) is 0. The predicted octanol–water partition coefficient (Wildman–Crippen LogP) is 3.11. The summed E-state index contributed by atoms with van der Waals surface area (Å²) < 4.78 is 10.0. The first kappa shape index (κ1) is 16.2. The number of ether oxygens (including phenoxy) is 2. The summed E-state index contributed by atoms with van der Waals surface area (Å²) in [5, 5.41) is 0. The molecule has 20 heavy (non-hydrogen) atoms. The van der Waals surface area contributed by atoms with Crippen LogP contribution in [0, 0.1) is 20.8 Å². The lowest BCUT2D eigenvalue weighted by Gasteiger charge is -2.19. The molecule has 0 spiro atoms. The van der Waals surface area contributed by atoms with Crippen molar-refractivity contribution in [1.82, 2.24) is 0 Å². The molecule has 0 heterocycles. The van der Waals surface area contributed by atoms with Crippen molar-refractivity contribution >= 4 is 11.9 Å². The second kappa shape index (κ2) is 6.07. The Labute approximate surface area is 120 Å². The molecule has 0 saturated heterocycles. The van der Waals surface area contributed by atoms with Crippen LogP contribution in [0.5, 0.6) is 0 Å². The van der Waals surface area contributed by atoms with E-state index in [0.717, 1.165) is 16.7 Å². The van der Waals surface area contributed by atoms with Gasteiger partial charge in [0, 0.05) is 0 Å². The Morgan fingerprint density at radius 1 is 1.05 bits per heavy atom. The van der Waals surface area contributed by atoms with Crippen molar-refractivity contribution in [3.63, 3.8) is 0 Å². The zero-order chi connectivity index (χ0) is 15.5. The number of rotatable bonds is 3. The minimum Gasteiger partial charge on any atom is -0.457 e. The van der Waals surface area contributed by atoms with Crippen molar-refractivity contribution < 1.29 is 19.1 Å². The molecule has 0 unspecified atom stereocenters. The highest BCUT2D eigenvalue weighted by Gasteiger charge is 2.18. The van der Waals surface area contributed by atoms with E-state index in [4.69, 9.17) is 9.47 Å². The fraction of sp³-hybridized carbons (Fsp3) is 0.500. The highest BCUT2D eigenvalue weighted by molar-refractivity contribution is 5.91. The van der Waals surface area contributed by atoms with Crippen LogP contribution >= 0.6 is 0 Å². The topological polar surface area (TPSA) is 52.6 Å². The fourth-order valence-electron chi connectivity index (χ4n) is 1.73. The summed E-state index contributed by atoms with van der Waals surface area (Å²) in [5.41, 5.74) is 3.06. The van der Waals surface area contributed by atoms with Gasteiger partial charge >= 0.3 is 11.9 Å². The van der Waals surface area contributed by atoms with Crippen molar-refractivity contribution in [2.75, 3.05) is 6.61 Å². The van der Waals surface area contributed by atoms with Gasteiger partial charge in [0.25, 0.3) is 0 Å². The van der Waals surface area contributed by atoms with Crippen molar-refractivity contribution in [1.29, 1.82) is 0 Å². The Hall–Kier alpha value is -1.84. The first-order valence-corrected chi connectivity index (χ1v) is 6.57. The minimum absolute atomic E-state index is 0.373. The molecule has 0 radical (unpaired) electrons. The number of aryl methyl sites for hydroxylation is 2. The van der Waals surface area contributed by atoms with Gasteiger partial charge in [0.1, 0.15) is 5.60 Å². The highest BCUT2D eigenvalue weighted by atomic mass is 16.6. The Kier molecular flexibility index (Phi) is 4.93. The largest absolute Gasteiger partial charge is 0.457 e. The molecule has 0 amide bonds. The molecule has 1 rings (SSSR count). The lowest BCUT2D eigenvalue weighted by atomic mass is 10.0. The molecule has 1 aromatic rings. The number of hydrogen-bond acceptors (Lipinski definition) is 4. The molecule has 0 atom stereocenters. The third kappa shape index (κ3) is 4.68. The summed E-state index contributed by atoms with van der Waals surface area (Å²) in [6.45, 7) is 10.8. The third-order valence-electron chi connectivity index (χ3n) is 2.90. The molecule has 1 aromatic carbocycles. The maximum atomic E-state index is 11.9. The van der Waals surface area contributed by atoms with E-state index in [9.17, 15) is 9.59 Å². The van der Waals surface area contributed by atoms with Crippen molar-refractivity contribution in [3.05, 3.63) is 34.4 Å². The van der Waals surface area contributed by atoms with Gasteiger partial charge in [-0.25, -0.2) is 9.59 Å². The van der Waals surface area contributed by atoms with Gasteiger partial charge in [0.15, 0.2) is 6.61 Å². The normalized spacial score (nSPS) is 11.1. The van der Waals surface area contributed by atoms with Crippen molar-refractivity contribution in [2.24, 2.45) is 0 Å². The second-order valence-electron chi connectivity index (χ2n) is 5.90. The van der Waals surface area contributed by atoms with Crippen LogP contribution in [0.3, 0.4) is 0 Å². The molecular weight excluding hydrogens is 256 g/mol. The van der Waals surface area contributed by atoms with Crippen LogP contribution in [-0.2, 0) is 14.3 Å². The van der Waals surface area contributed by atoms with Crippen LogP contribution in [0.4, 0.5) is 0 Å². The molecule has 0 aromatic heterocycles. The van der Waals surface area contributed by atoms with Gasteiger partial charge in [-0.15, -0.1) is 0 Å². The van der Waals surface area contributed by atoms with Crippen molar-refractivity contribution in [3.8, 4) is 0 Å². The van der Waals surface area contributed by atoms with E-state index in [1.165, 1.54) is 0 Å². The summed E-state index contributed by atoms with van der Waals surface area (Å²) in [6, 6.07) is 3.53. The minimum atomic E-state index is -0.583. The van der Waals surface area contributed by atoms with Gasteiger partial charge < -0.3 is 9.47 Å². The van der Waals surface area contributed by atoms with E-state index in [1.807, 2.05) is 20.8 Å². The van der Waals surface area contributed by atoms with Crippen LogP contribution < -0.4 is 0 Å². The van der Waals surface area contributed by atoms with E-state index >= 15 is 0 Å². The summed E-state index contributed by atoms with van der Waals surface area (Å²) in [6.07, 6.45) is 0. The number of hydrogen-bond donors (Lipinski definition) is 0. The number of benzene rings is 1. The molecule has 4 heteroatoms. The van der Waals surface area contributed by atoms with Gasteiger partial charge in [-0.1, -0.05) is 0 Å². The average Bonchev–Trinajstić information content (AvgIpc) is 2.30. The van der Waals surface area contributed by atoms with Crippen molar-refractivity contribution in [2.45, 2.75) is 47.1 Å². The van der Waals surface area contributed by atoms with Gasteiger partial charge in [-0.05, 0) is 70.4 Å². The van der Waals surface area contributed by atoms with Crippen LogP contribution in [0.2, 0.25) is 0 Å². The molecule has 0 bridgehead atoms. The first-order chi connectivity index (χ1) is 9.10. The van der Waals surface area contributed by atoms with E-state index in [2.05, 4.69) is 0 Å². The zero-order valence-corrected chi connectivity index (χ0v) is 13.0. The maximum absolute atomic E-state index is 11.9. The second-order valence-corrected chi connectivity index (χ2v) is 5.90. The Morgan fingerprint density at radius 2 is 1.55 bits per heavy atom. The molecule has 0 aliphatic heterocycles. The Bertz CT molecular complexity index is 501. The average molecular weight is 278 g/mol. The zero-order valence-electron chi connectivity index (χ0n) is 13.0. The van der Waals surface area contributed by atoms with Gasteiger partial charge in [0.2, 0.25) is 0 Å². The molecule has 0 N–H and O–H groups in total. The highest BCUT2D eigenvalue weighted by Crippen LogP contribution is 2.16. The van der Waals surface area contributed by atoms with E-state index in [-0.39, 0.29) is 6.61 Å². The van der Waals surface area contributed by atoms with Crippen LogP contribution in [0.25, 0.3) is 0 Å². The quantitative estimate of drug-likeness (QED) is 0.797.